The van der Waals surface area contributed by atoms with E-state index < -0.39 is 0 Å². The number of ether oxygens (including phenoxy) is 1. The smallest absolute Gasteiger partial charge is 0.322 e. The molecule has 35 heavy (non-hydrogen) atoms. The molecule has 0 unspecified atom stereocenters. The zero-order valence-corrected chi connectivity index (χ0v) is 20.6. The second kappa shape index (κ2) is 11.1. The van der Waals surface area contributed by atoms with Crippen LogP contribution in [0.4, 0.5) is 21.9 Å². The number of halogens is 1. The van der Waals surface area contributed by atoms with Crippen molar-refractivity contribution >= 4 is 40.6 Å². The molecular formula is C27H29ClN4O3. The SMILES string of the molecule is COc1ccc(CC(=O)Nc2ccc(N3CCN(C(=O)Nc4c(C)cccc4Cl)CC3)cc2)cc1. The second-order valence-corrected chi connectivity index (χ2v) is 8.86. The molecule has 0 spiro atoms. The highest BCUT2D eigenvalue weighted by molar-refractivity contribution is 6.33. The van der Waals surface area contributed by atoms with Crippen molar-refractivity contribution in [3.63, 3.8) is 0 Å². The Morgan fingerprint density at radius 3 is 2.23 bits per heavy atom. The second-order valence-electron chi connectivity index (χ2n) is 8.46. The van der Waals surface area contributed by atoms with Crippen LogP contribution in [0.25, 0.3) is 0 Å². The van der Waals surface area contributed by atoms with E-state index in [9.17, 15) is 9.59 Å². The number of carbonyl (C=O) groups excluding carboxylic acids is 2. The van der Waals surface area contributed by atoms with Gasteiger partial charge in [-0.25, -0.2) is 4.79 Å². The molecule has 0 radical (unpaired) electrons. The minimum atomic E-state index is -0.143. The lowest BCUT2D eigenvalue weighted by Gasteiger charge is -2.36. The maximum absolute atomic E-state index is 12.7. The van der Waals surface area contributed by atoms with Gasteiger partial charge in [0.1, 0.15) is 5.75 Å². The number of hydrogen-bond donors (Lipinski definition) is 2. The number of urea groups is 1. The first-order chi connectivity index (χ1) is 16.9. The van der Waals surface area contributed by atoms with Gasteiger partial charge >= 0.3 is 6.03 Å². The van der Waals surface area contributed by atoms with Crippen molar-refractivity contribution < 1.29 is 14.3 Å². The number of rotatable bonds is 6. The maximum Gasteiger partial charge on any atom is 0.322 e. The molecule has 0 aliphatic carbocycles. The summed E-state index contributed by atoms with van der Waals surface area (Å²) in [6, 6.07) is 20.7. The fourth-order valence-electron chi connectivity index (χ4n) is 4.03. The molecule has 0 atom stereocenters. The summed E-state index contributed by atoms with van der Waals surface area (Å²) in [6.45, 7) is 4.58. The maximum atomic E-state index is 12.7. The number of piperazine rings is 1. The monoisotopic (exact) mass is 492 g/mol. The van der Waals surface area contributed by atoms with Gasteiger partial charge in [-0.3, -0.25) is 4.79 Å². The summed E-state index contributed by atoms with van der Waals surface area (Å²) in [4.78, 5) is 29.1. The molecule has 7 nitrogen and oxygen atoms in total. The highest BCUT2D eigenvalue weighted by atomic mass is 35.5. The number of benzene rings is 3. The van der Waals surface area contributed by atoms with Crippen LogP contribution < -0.4 is 20.3 Å². The molecule has 1 saturated heterocycles. The minimum absolute atomic E-state index is 0.0729. The molecule has 0 aromatic heterocycles. The Bertz CT molecular complexity index is 1150. The van der Waals surface area contributed by atoms with Gasteiger partial charge in [0.15, 0.2) is 0 Å². The van der Waals surface area contributed by atoms with Crippen LogP contribution in [0.3, 0.4) is 0 Å². The average Bonchev–Trinajstić information content (AvgIpc) is 2.87. The standard InChI is InChI=1S/C27H29ClN4O3/c1-19-4-3-5-24(28)26(19)30-27(34)32-16-14-31(15-17-32)22-10-8-21(9-11-22)29-25(33)18-20-6-12-23(35-2)13-7-20/h3-13H,14-18H2,1-2H3,(H,29,33)(H,30,34). The van der Waals surface area contributed by atoms with Gasteiger partial charge in [-0.2, -0.15) is 0 Å². The van der Waals surface area contributed by atoms with Crippen LogP contribution in [0, 0.1) is 6.92 Å². The zero-order valence-electron chi connectivity index (χ0n) is 19.9. The predicted molar refractivity (Wildman–Crippen MR) is 141 cm³/mol. The number of nitrogens with one attached hydrogen (secondary N) is 2. The quantitative estimate of drug-likeness (QED) is 0.496. The largest absolute Gasteiger partial charge is 0.497 e. The van der Waals surface area contributed by atoms with Crippen molar-refractivity contribution in [3.05, 3.63) is 82.9 Å². The molecule has 0 bridgehead atoms. The molecule has 182 valence electrons. The third kappa shape index (κ3) is 6.25. The molecule has 1 aliphatic heterocycles. The molecule has 3 aromatic carbocycles. The molecule has 3 aromatic rings. The topological polar surface area (TPSA) is 73.9 Å². The van der Waals surface area contributed by atoms with Crippen LogP contribution >= 0.6 is 11.6 Å². The Labute approximate surface area is 210 Å². The Hall–Kier alpha value is -3.71. The number of hydrogen-bond acceptors (Lipinski definition) is 4. The summed E-state index contributed by atoms with van der Waals surface area (Å²) < 4.78 is 5.15. The normalized spacial score (nSPS) is 13.3. The highest BCUT2D eigenvalue weighted by Crippen LogP contribution is 2.26. The summed E-state index contributed by atoms with van der Waals surface area (Å²) in [6.07, 6.45) is 0.295. The lowest BCUT2D eigenvalue weighted by molar-refractivity contribution is -0.115. The van der Waals surface area contributed by atoms with Gasteiger partial charge in [0.2, 0.25) is 5.91 Å². The number of methoxy groups -OCH3 is 1. The molecular weight excluding hydrogens is 464 g/mol. The summed E-state index contributed by atoms with van der Waals surface area (Å²) >= 11 is 6.24. The summed E-state index contributed by atoms with van der Waals surface area (Å²) in [5.74, 6) is 0.693. The Kier molecular flexibility index (Phi) is 7.77. The van der Waals surface area contributed by atoms with Crippen LogP contribution in [0.2, 0.25) is 5.02 Å². The molecule has 2 N–H and O–H groups in total. The van der Waals surface area contributed by atoms with Crippen molar-refractivity contribution in [2.45, 2.75) is 13.3 Å². The van der Waals surface area contributed by atoms with E-state index in [1.165, 1.54) is 0 Å². The predicted octanol–water partition coefficient (Wildman–Crippen LogP) is 5.19. The number of nitrogens with zero attached hydrogens (tertiary/aromatic N) is 2. The molecule has 3 amide bonds. The van der Waals surface area contributed by atoms with Crippen molar-refractivity contribution in [2.24, 2.45) is 0 Å². The number of carbonyl (C=O) groups is 2. The van der Waals surface area contributed by atoms with Crippen molar-refractivity contribution in [1.82, 2.24) is 4.90 Å². The van der Waals surface area contributed by atoms with Gasteiger partial charge in [-0.1, -0.05) is 35.9 Å². The van der Waals surface area contributed by atoms with Crippen molar-refractivity contribution in [3.8, 4) is 5.75 Å². The molecule has 8 heteroatoms. The Balaban J connectivity index is 1.27. The Morgan fingerprint density at radius 1 is 0.914 bits per heavy atom. The van der Waals surface area contributed by atoms with Gasteiger partial charge in [0, 0.05) is 37.6 Å². The molecule has 1 fully saturated rings. The van der Waals surface area contributed by atoms with Crippen LogP contribution in [0.5, 0.6) is 5.75 Å². The molecule has 0 saturated carbocycles. The van der Waals surface area contributed by atoms with Crippen molar-refractivity contribution in [2.75, 3.05) is 48.8 Å². The molecule has 1 aliphatic rings. The fraction of sp³-hybridized carbons (Fsp3) is 0.259. The summed E-state index contributed by atoms with van der Waals surface area (Å²) in [7, 11) is 1.62. The van der Waals surface area contributed by atoms with Gasteiger partial charge < -0.3 is 25.2 Å². The van der Waals surface area contributed by atoms with Crippen LogP contribution in [-0.4, -0.2) is 50.1 Å². The van der Waals surface area contributed by atoms with Crippen LogP contribution in [0.1, 0.15) is 11.1 Å². The van der Waals surface area contributed by atoms with E-state index in [1.54, 1.807) is 18.1 Å². The molecule has 4 rings (SSSR count). The van der Waals surface area contributed by atoms with E-state index in [2.05, 4.69) is 15.5 Å². The number of aryl methyl sites for hydroxylation is 1. The third-order valence-electron chi connectivity index (χ3n) is 6.06. The van der Waals surface area contributed by atoms with E-state index in [-0.39, 0.29) is 11.9 Å². The molecule has 1 heterocycles. The minimum Gasteiger partial charge on any atom is -0.497 e. The van der Waals surface area contributed by atoms with E-state index >= 15 is 0 Å². The first kappa shape index (κ1) is 24.4. The number of anilines is 3. The number of para-hydroxylation sites is 1. The zero-order chi connectivity index (χ0) is 24.8. The average molecular weight is 493 g/mol. The number of amides is 3. The van der Waals surface area contributed by atoms with Crippen LogP contribution in [-0.2, 0) is 11.2 Å². The summed E-state index contributed by atoms with van der Waals surface area (Å²) in [5.41, 5.74) is 4.32. The van der Waals surface area contributed by atoms with E-state index in [0.717, 1.165) is 41.3 Å². The first-order valence-corrected chi connectivity index (χ1v) is 11.9. The van der Waals surface area contributed by atoms with Crippen molar-refractivity contribution in [1.29, 1.82) is 0 Å². The fourth-order valence-corrected chi connectivity index (χ4v) is 4.30. The Morgan fingerprint density at radius 2 is 1.60 bits per heavy atom. The van der Waals surface area contributed by atoms with Gasteiger partial charge in [-0.15, -0.1) is 0 Å². The van der Waals surface area contributed by atoms with Gasteiger partial charge in [0.05, 0.1) is 24.2 Å². The lowest BCUT2D eigenvalue weighted by Crippen LogP contribution is -2.50. The van der Waals surface area contributed by atoms with Gasteiger partial charge in [-0.05, 0) is 60.5 Å². The third-order valence-corrected chi connectivity index (χ3v) is 6.38. The van der Waals surface area contributed by atoms with Gasteiger partial charge in [0.25, 0.3) is 0 Å². The highest BCUT2D eigenvalue weighted by Gasteiger charge is 2.22. The van der Waals surface area contributed by atoms with E-state index in [4.69, 9.17) is 16.3 Å². The summed E-state index contributed by atoms with van der Waals surface area (Å²) in [5, 5.41) is 6.42. The first-order valence-electron chi connectivity index (χ1n) is 11.5. The van der Waals surface area contributed by atoms with E-state index in [1.807, 2.05) is 67.6 Å². The van der Waals surface area contributed by atoms with E-state index in [0.29, 0.717) is 30.2 Å². The van der Waals surface area contributed by atoms with Crippen LogP contribution in [0.15, 0.2) is 66.7 Å². The lowest BCUT2D eigenvalue weighted by atomic mass is 10.1.